The lowest BCUT2D eigenvalue weighted by Gasteiger charge is -2.41. The zero-order chi connectivity index (χ0) is 61.7. The Bertz CT molecular complexity index is 3270. The fourth-order valence-corrected chi connectivity index (χ4v) is 9.10. The normalized spacial score (nSPS) is 27.8. The van der Waals surface area contributed by atoms with Crippen molar-refractivity contribution in [1.29, 1.82) is 0 Å². The van der Waals surface area contributed by atoms with Crippen LogP contribution in [-0.4, -0.2) is 224 Å². The number of aliphatic hydroxyl groups excluding tert-OH is 10. The topological polar surface area (TPSA) is 458 Å². The number of methoxy groups -OCH3 is 4. The van der Waals surface area contributed by atoms with E-state index in [4.69, 9.17) is 61.3 Å². The molecule has 14 N–H and O–H groups in total. The van der Waals surface area contributed by atoms with Crippen molar-refractivity contribution in [3.63, 3.8) is 0 Å². The first-order valence-corrected chi connectivity index (χ1v) is 25.5. The van der Waals surface area contributed by atoms with Crippen LogP contribution in [0, 0.1) is 0 Å². The second-order valence-corrected chi connectivity index (χ2v) is 19.1. The summed E-state index contributed by atoms with van der Waals surface area (Å²) in [5, 5.41) is 150. The summed E-state index contributed by atoms with van der Waals surface area (Å²) in [6.45, 7) is -2.70. The first-order chi connectivity index (χ1) is 40.5. The second kappa shape index (κ2) is 26.8. The molecule has 4 aromatic carbocycles. The minimum Gasteiger partial charge on any atom is -0.508 e. The summed E-state index contributed by atoms with van der Waals surface area (Å²) in [6, 6.07) is 10.2. The summed E-state index contributed by atoms with van der Waals surface area (Å²) in [7, 11) is 5.10. The predicted molar refractivity (Wildman–Crippen MR) is 283 cm³/mol. The summed E-state index contributed by atoms with van der Waals surface area (Å²) in [4.78, 5) is 41.2. The summed E-state index contributed by atoms with van der Waals surface area (Å²) in [5.41, 5.74) is -1.55. The number of phenols is 4. The number of hydrogen-bond acceptors (Lipinski definition) is 30. The van der Waals surface area contributed by atoms with Gasteiger partial charge in [0.15, 0.2) is 46.4 Å². The third-order valence-electron chi connectivity index (χ3n) is 13.7. The highest BCUT2D eigenvalue weighted by atomic mass is 16.7. The van der Waals surface area contributed by atoms with E-state index < -0.39 is 175 Å². The first-order valence-electron chi connectivity index (χ1n) is 25.5. The van der Waals surface area contributed by atoms with Crippen LogP contribution >= 0.6 is 0 Å². The highest BCUT2D eigenvalue weighted by Gasteiger charge is 2.50. The number of aromatic hydroxyl groups is 4. The van der Waals surface area contributed by atoms with Gasteiger partial charge < -0.3 is 133 Å². The molecule has 0 unspecified atom stereocenters. The van der Waals surface area contributed by atoms with E-state index in [1.54, 1.807) is 0 Å². The molecular weight excluding hydrogens is 1140 g/mol. The number of carbonyl (C=O) groups excluding carboxylic acids is 2. The second-order valence-electron chi connectivity index (χ2n) is 19.1. The molecule has 460 valence electrons. The number of fused-ring (bicyclic) bond motifs is 1. The number of rotatable bonds is 20. The van der Waals surface area contributed by atoms with Gasteiger partial charge in [-0.05, 0) is 65.7 Å². The Morgan fingerprint density at radius 3 is 1.54 bits per heavy atom. The third-order valence-corrected chi connectivity index (χ3v) is 13.7. The molecule has 0 saturated carbocycles. The van der Waals surface area contributed by atoms with E-state index >= 15 is 0 Å². The molecule has 1 aromatic heterocycles. The molecule has 0 bridgehead atoms. The lowest BCUT2D eigenvalue weighted by Crippen LogP contribution is -2.61. The molecule has 30 heteroatoms. The molecule has 15 atom stereocenters. The van der Waals surface area contributed by atoms with Crippen LogP contribution < -0.4 is 38.6 Å². The Kier molecular flexibility index (Phi) is 19.8. The Morgan fingerprint density at radius 2 is 1.01 bits per heavy atom. The quantitative estimate of drug-likeness (QED) is 0.0308. The van der Waals surface area contributed by atoms with E-state index in [1.807, 2.05) is 0 Å². The highest BCUT2D eigenvalue weighted by molar-refractivity contribution is 5.89. The predicted octanol–water partition coefficient (Wildman–Crippen LogP) is -1.62. The smallest absolute Gasteiger partial charge is 0.331 e. The van der Waals surface area contributed by atoms with Gasteiger partial charge in [0.25, 0.3) is 0 Å². The zero-order valence-corrected chi connectivity index (χ0v) is 45.1. The number of phenolic OH excluding ortho intramolecular Hbond substituents is 4. The van der Waals surface area contributed by atoms with Crippen LogP contribution in [0.5, 0.6) is 63.2 Å². The fourth-order valence-electron chi connectivity index (χ4n) is 9.10. The van der Waals surface area contributed by atoms with E-state index in [9.17, 15) is 85.9 Å². The van der Waals surface area contributed by atoms with Crippen LogP contribution in [-0.2, 0) is 33.3 Å². The van der Waals surface area contributed by atoms with E-state index in [0.29, 0.717) is 5.56 Å². The minimum absolute atomic E-state index is 0.0117. The lowest BCUT2D eigenvalue weighted by atomic mass is 9.99. The van der Waals surface area contributed by atoms with Crippen LogP contribution in [0.15, 0.2) is 76.0 Å². The molecule has 3 saturated heterocycles. The maximum absolute atomic E-state index is 14.7. The summed E-state index contributed by atoms with van der Waals surface area (Å²) >= 11 is 0. The molecule has 0 radical (unpaired) electrons. The van der Waals surface area contributed by atoms with Crippen molar-refractivity contribution in [2.45, 2.75) is 92.1 Å². The minimum atomic E-state index is -2.17. The third kappa shape index (κ3) is 13.4. The van der Waals surface area contributed by atoms with Crippen LogP contribution in [0.25, 0.3) is 34.4 Å². The SMILES string of the molecule is COc1cc(/C=C/C(=O)OC[C@H]2O[C@@H](Oc3cc(-c4oc5cc(O)cc(O)c5c(=O)c4O[C@@H]4O[C@H](CO)[C@@H](O)[C@H](O)[C@H]4OC(=O)/C=C/c4cc(OC)c(O)c(OC)c4)ccc3O[C@@H]3O[C@H](CO)[C@@H](O)[C@H](O)[C@H]3O)[C@H](O)[C@@H](O)[C@@H]2O)cc(OC)c1O. The number of carbonyl (C=O) groups is 2. The molecule has 3 aliphatic rings. The summed E-state index contributed by atoms with van der Waals surface area (Å²) in [6.07, 6.45) is -25.1. The largest absolute Gasteiger partial charge is 0.508 e. The maximum Gasteiger partial charge on any atom is 0.331 e. The van der Waals surface area contributed by atoms with Gasteiger partial charge in [-0.15, -0.1) is 0 Å². The van der Waals surface area contributed by atoms with Crippen LogP contribution in [0.3, 0.4) is 0 Å². The van der Waals surface area contributed by atoms with Crippen LogP contribution in [0.2, 0.25) is 0 Å². The van der Waals surface area contributed by atoms with Crippen molar-refractivity contribution in [3.8, 4) is 74.6 Å². The van der Waals surface area contributed by atoms with Gasteiger partial charge in [-0.25, -0.2) is 9.59 Å². The highest BCUT2D eigenvalue weighted by Crippen LogP contribution is 2.43. The monoisotopic (exact) mass is 1200 g/mol. The van der Waals surface area contributed by atoms with E-state index in [-0.39, 0.29) is 45.6 Å². The molecule has 3 aliphatic heterocycles. The maximum atomic E-state index is 14.7. The molecule has 85 heavy (non-hydrogen) atoms. The average molecular weight is 1200 g/mol. The number of ether oxygens (including phenoxy) is 12. The number of aliphatic hydroxyl groups is 10. The number of esters is 2. The average Bonchev–Trinajstić information content (AvgIpc) is 3.64. The van der Waals surface area contributed by atoms with Gasteiger partial charge >= 0.3 is 11.9 Å². The molecule has 8 rings (SSSR count). The summed E-state index contributed by atoms with van der Waals surface area (Å²) in [5.74, 6) is -7.22. The molecule has 3 fully saturated rings. The van der Waals surface area contributed by atoms with Gasteiger partial charge in [0.05, 0.1) is 41.7 Å². The van der Waals surface area contributed by atoms with Crippen molar-refractivity contribution in [2.75, 3.05) is 48.3 Å². The molecule has 30 nitrogen and oxygen atoms in total. The number of benzene rings is 4. The van der Waals surface area contributed by atoms with Crippen molar-refractivity contribution in [2.24, 2.45) is 0 Å². The van der Waals surface area contributed by atoms with Gasteiger partial charge in [0, 0.05) is 29.8 Å². The van der Waals surface area contributed by atoms with Crippen molar-refractivity contribution >= 4 is 35.1 Å². The Morgan fingerprint density at radius 1 is 0.529 bits per heavy atom. The van der Waals surface area contributed by atoms with Crippen molar-refractivity contribution in [1.82, 2.24) is 0 Å². The standard InChI is InChI=1S/C55H60O30/c1-73-29-11-21(12-30(74-2)39(29)62)5-9-36(60)77-20-35-43(66)46(69)49(72)54(83-35)80-27-15-23(7-8-26(27)79-53-48(71)45(68)41(64)33(18-56)81-53)50-51(44(67)38-25(59)16-24(58)17-28(38)78-50)85-55-52(47(70)42(65)34(19-57)82-55)84-37(61)10-6-22-13-31(75-3)40(63)32(14-22)76-4/h5-17,33-35,41-43,45-49,52-59,62-66,68-72H,18-20H2,1-4H3/b9-5+,10-6+/t33-,34-,35-,41-,42-,43-,45+,46+,47+,48-,49-,52-,53-,54-,55+/m1/s1. The van der Waals surface area contributed by atoms with Gasteiger partial charge in [0.2, 0.25) is 41.5 Å². The molecule has 0 spiro atoms. The molecule has 0 amide bonds. The number of hydrogen-bond donors (Lipinski definition) is 14. The van der Waals surface area contributed by atoms with E-state index in [1.165, 1.54) is 64.9 Å². The molecule has 0 aliphatic carbocycles. The Balaban J connectivity index is 1.17. The van der Waals surface area contributed by atoms with Gasteiger partial charge in [-0.3, -0.25) is 4.79 Å². The Hall–Kier alpha value is -8.21. The van der Waals surface area contributed by atoms with Gasteiger partial charge in [-0.2, -0.15) is 0 Å². The lowest BCUT2D eigenvalue weighted by molar-refractivity contribution is -0.282. The zero-order valence-electron chi connectivity index (χ0n) is 45.1. The molecule has 4 heterocycles. The first kappa shape index (κ1) is 62.8. The van der Waals surface area contributed by atoms with Gasteiger partial charge in [-0.1, -0.05) is 0 Å². The summed E-state index contributed by atoms with van der Waals surface area (Å²) < 4.78 is 72.8. The van der Waals surface area contributed by atoms with E-state index in [0.717, 1.165) is 42.5 Å². The van der Waals surface area contributed by atoms with Crippen LogP contribution in [0.1, 0.15) is 11.1 Å². The fraction of sp³-hybridized carbons (Fsp3) is 0.400. The van der Waals surface area contributed by atoms with Crippen molar-refractivity contribution < 1.29 is 142 Å². The van der Waals surface area contributed by atoms with Gasteiger partial charge in [0.1, 0.15) is 96.2 Å². The molecular formula is C55H60O30. The Labute approximate surface area is 479 Å². The van der Waals surface area contributed by atoms with Crippen LogP contribution in [0.4, 0.5) is 0 Å². The molecule has 5 aromatic rings. The van der Waals surface area contributed by atoms with E-state index in [2.05, 4.69) is 0 Å². The van der Waals surface area contributed by atoms with Crippen molar-refractivity contribution in [3.05, 3.63) is 88.1 Å².